The van der Waals surface area contributed by atoms with Crippen LogP contribution in [-0.2, 0) is 0 Å². The first-order valence-corrected chi connectivity index (χ1v) is 10.2. The summed E-state index contributed by atoms with van der Waals surface area (Å²) in [6, 6.07) is 23.4. The highest BCUT2D eigenvalue weighted by Crippen LogP contribution is 2.31. The van der Waals surface area contributed by atoms with Crippen molar-refractivity contribution in [2.24, 2.45) is 0 Å². The van der Waals surface area contributed by atoms with Gasteiger partial charge < -0.3 is 4.90 Å². The van der Waals surface area contributed by atoms with Crippen LogP contribution in [-0.4, -0.2) is 19.9 Å². The summed E-state index contributed by atoms with van der Waals surface area (Å²) >= 11 is 7.45. The largest absolute Gasteiger partial charge is 0.378 e. The molecular formula is C24H22ClNOS. The summed E-state index contributed by atoms with van der Waals surface area (Å²) in [5.41, 5.74) is 3.93. The van der Waals surface area contributed by atoms with Crippen molar-refractivity contribution >= 4 is 40.9 Å². The van der Waals surface area contributed by atoms with Crippen molar-refractivity contribution in [2.45, 2.75) is 11.8 Å². The van der Waals surface area contributed by atoms with Crippen molar-refractivity contribution in [3.63, 3.8) is 0 Å². The summed E-state index contributed by atoms with van der Waals surface area (Å²) in [6.45, 7) is 2.05. The number of carbonyl (C=O) groups is 1. The van der Waals surface area contributed by atoms with E-state index in [2.05, 4.69) is 19.1 Å². The van der Waals surface area contributed by atoms with Gasteiger partial charge in [-0.05, 0) is 67.1 Å². The van der Waals surface area contributed by atoms with Crippen LogP contribution < -0.4 is 4.90 Å². The summed E-state index contributed by atoms with van der Waals surface area (Å²) in [6.07, 6.45) is 1.95. The van der Waals surface area contributed by atoms with E-state index >= 15 is 0 Å². The lowest BCUT2D eigenvalue weighted by molar-refractivity contribution is 0.104. The molecule has 3 rings (SSSR count). The number of Topliss-reactive ketones (excluding diaryl/α,β-unsaturated/α-hetero) is 1. The van der Waals surface area contributed by atoms with Gasteiger partial charge in [-0.3, -0.25) is 4.79 Å². The highest BCUT2D eigenvalue weighted by Gasteiger charge is 2.14. The lowest BCUT2D eigenvalue weighted by atomic mass is 10.1. The van der Waals surface area contributed by atoms with Gasteiger partial charge in [0.25, 0.3) is 0 Å². The average molecular weight is 408 g/mol. The first-order chi connectivity index (χ1) is 13.4. The number of aryl methyl sites for hydroxylation is 1. The van der Waals surface area contributed by atoms with Gasteiger partial charge in [0.1, 0.15) is 0 Å². The summed E-state index contributed by atoms with van der Waals surface area (Å²) in [4.78, 5) is 16.9. The number of benzene rings is 3. The van der Waals surface area contributed by atoms with Gasteiger partial charge in [-0.25, -0.2) is 0 Å². The molecule has 142 valence electrons. The zero-order valence-corrected chi connectivity index (χ0v) is 17.7. The molecule has 0 radical (unpaired) electrons. The third-order valence-corrected chi connectivity index (χ3v) is 5.57. The zero-order chi connectivity index (χ0) is 20.1. The second-order valence-electron chi connectivity index (χ2n) is 6.75. The molecule has 0 aliphatic rings. The quantitative estimate of drug-likeness (QED) is 0.256. The molecule has 0 amide bonds. The Morgan fingerprint density at radius 3 is 2.07 bits per heavy atom. The number of thioether (sulfide) groups is 1. The Labute approximate surface area is 175 Å². The first-order valence-electron chi connectivity index (χ1n) is 8.96. The fourth-order valence-electron chi connectivity index (χ4n) is 2.64. The lowest BCUT2D eigenvalue weighted by Crippen LogP contribution is -2.08. The van der Waals surface area contributed by atoms with Crippen LogP contribution in [0.15, 0.2) is 82.6 Å². The topological polar surface area (TPSA) is 20.3 Å². The van der Waals surface area contributed by atoms with Crippen molar-refractivity contribution in [3.05, 3.63) is 99.4 Å². The second kappa shape index (κ2) is 9.13. The molecule has 0 aliphatic carbocycles. The van der Waals surface area contributed by atoms with Crippen LogP contribution >= 0.6 is 23.4 Å². The van der Waals surface area contributed by atoms with Crippen molar-refractivity contribution in [1.29, 1.82) is 0 Å². The Kier molecular flexibility index (Phi) is 6.61. The summed E-state index contributed by atoms with van der Waals surface area (Å²) < 4.78 is 0. The van der Waals surface area contributed by atoms with Crippen molar-refractivity contribution in [1.82, 2.24) is 0 Å². The van der Waals surface area contributed by atoms with E-state index in [0.29, 0.717) is 15.5 Å². The number of hydrogen-bond acceptors (Lipinski definition) is 3. The molecular weight excluding hydrogens is 386 g/mol. The molecule has 0 saturated heterocycles. The predicted molar refractivity (Wildman–Crippen MR) is 122 cm³/mol. The summed E-state index contributed by atoms with van der Waals surface area (Å²) in [5.74, 6) is -0.0149. The molecule has 2 nitrogen and oxygen atoms in total. The molecule has 0 bridgehead atoms. The molecule has 0 aliphatic heterocycles. The Balaban J connectivity index is 1.96. The normalized spacial score (nSPS) is 11.4. The molecule has 0 heterocycles. The minimum Gasteiger partial charge on any atom is -0.378 e. The van der Waals surface area contributed by atoms with Crippen LogP contribution in [0.25, 0.3) is 6.08 Å². The lowest BCUT2D eigenvalue weighted by Gasteiger charge is -2.12. The van der Waals surface area contributed by atoms with Gasteiger partial charge >= 0.3 is 0 Å². The molecule has 3 aromatic carbocycles. The van der Waals surface area contributed by atoms with Gasteiger partial charge in [-0.15, -0.1) is 0 Å². The van der Waals surface area contributed by atoms with E-state index in [0.717, 1.165) is 16.1 Å². The number of ketones is 1. The van der Waals surface area contributed by atoms with Gasteiger partial charge in [0.05, 0.1) is 4.91 Å². The number of nitrogens with zero attached hydrogens (tertiary/aromatic N) is 1. The van der Waals surface area contributed by atoms with Crippen molar-refractivity contribution < 1.29 is 4.79 Å². The second-order valence-corrected chi connectivity index (χ2v) is 8.30. The third-order valence-electron chi connectivity index (χ3n) is 4.29. The fraction of sp³-hybridized carbons (Fsp3) is 0.125. The zero-order valence-electron chi connectivity index (χ0n) is 16.1. The van der Waals surface area contributed by atoms with E-state index in [-0.39, 0.29) is 5.78 Å². The molecule has 0 saturated carbocycles. The Morgan fingerprint density at radius 1 is 0.893 bits per heavy atom. The number of allylic oxidation sites excluding steroid dienone is 1. The van der Waals surface area contributed by atoms with Gasteiger partial charge in [0, 0.05) is 35.3 Å². The Morgan fingerprint density at radius 2 is 1.50 bits per heavy atom. The highest BCUT2D eigenvalue weighted by atomic mass is 35.5. The number of carbonyl (C=O) groups excluding carboxylic acids is 1. The van der Waals surface area contributed by atoms with E-state index < -0.39 is 0 Å². The van der Waals surface area contributed by atoms with Gasteiger partial charge in [-0.2, -0.15) is 0 Å². The van der Waals surface area contributed by atoms with Crippen LogP contribution in [0.2, 0.25) is 5.02 Å². The van der Waals surface area contributed by atoms with E-state index in [1.54, 1.807) is 24.3 Å². The molecule has 0 fully saturated rings. The first kappa shape index (κ1) is 20.2. The number of anilines is 1. The van der Waals surface area contributed by atoms with Gasteiger partial charge in [0.2, 0.25) is 0 Å². The van der Waals surface area contributed by atoms with Gasteiger partial charge in [0.15, 0.2) is 5.78 Å². The summed E-state index contributed by atoms with van der Waals surface area (Å²) in [5, 5.41) is 0.618. The van der Waals surface area contributed by atoms with Crippen molar-refractivity contribution in [2.75, 3.05) is 19.0 Å². The maximum Gasteiger partial charge on any atom is 0.199 e. The monoisotopic (exact) mass is 407 g/mol. The number of hydrogen-bond donors (Lipinski definition) is 0. The van der Waals surface area contributed by atoms with E-state index in [4.69, 9.17) is 11.6 Å². The van der Waals surface area contributed by atoms with E-state index in [1.807, 2.05) is 61.5 Å². The highest BCUT2D eigenvalue weighted by molar-refractivity contribution is 8.04. The van der Waals surface area contributed by atoms with Gasteiger partial charge in [-0.1, -0.05) is 53.2 Å². The minimum atomic E-state index is -0.0149. The minimum absolute atomic E-state index is 0.0149. The van der Waals surface area contributed by atoms with E-state index in [9.17, 15) is 4.79 Å². The SMILES string of the molecule is Cc1ccc(S/C(=C/c2ccc(N(C)C)cc2)C(=O)c2ccc(Cl)cc2)cc1. The molecule has 4 heteroatoms. The molecule has 0 N–H and O–H groups in total. The third kappa shape index (κ3) is 5.28. The molecule has 3 aromatic rings. The fourth-order valence-corrected chi connectivity index (χ4v) is 3.70. The Hall–Kier alpha value is -2.49. The molecule has 0 unspecified atom stereocenters. The maximum atomic E-state index is 13.2. The van der Waals surface area contributed by atoms with Crippen molar-refractivity contribution in [3.8, 4) is 0 Å². The van der Waals surface area contributed by atoms with E-state index in [1.165, 1.54) is 17.3 Å². The molecule has 0 aromatic heterocycles. The maximum absolute atomic E-state index is 13.2. The van der Waals surface area contributed by atoms with Crippen LogP contribution in [0.3, 0.4) is 0 Å². The molecule has 0 spiro atoms. The Bertz CT molecular complexity index is 975. The number of rotatable bonds is 6. The number of halogens is 1. The molecule has 28 heavy (non-hydrogen) atoms. The summed E-state index contributed by atoms with van der Waals surface area (Å²) in [7, 11) is 4.02. The van der Waals surface area contributed by atoms with Crippen LogP contribution in [0.1, 0.15) is 21.5 Å². The van der Waals surface area contributed by atoms with Crippen LogP contribution in [0, 0.1) is 6.92 Å². The van der Waals surface area contributed by atoms with Crippen LogP contribution in [0.4, 0.5) is 5.69 Å². The standard InChI is InChI=1S/C24H22ClNOS/c1-17-4-14-22(15-5-17)28-23(24(27)19-8-10-20(25)11-9-19)16-18-6-12-21(13-7-18)26(2)3/h4-16H,1-3H3/b23-16+. The predicted octanol–water partition coefficient (Wildman–Crippen LogP) is 6.73. The van der Waals surface area contributed by atoms with Crippen LogP contribution in [0.5, 0.6) is 0 Å². The average Bonchev–Trinajstić information content (AvgIpc) is 2.69. The smallest absolute Gasteiger partial charge is 0.199 e. The molecule has 0 atom stereocenters.